The van der Waals surface area contributed by atoms with Crippen molar-refractivity contribution in [3.8, 4) is 0 Å². The van der Waals surface area contributed by atoms with Crippen LogP contribution in [0.25, 0.3) is 0 Å². The first kappa shape index (κ1) is 18.1. The van der Waals surface area contributed by atoms with Gasteiger partial charge >= 0.3 is 0 Å². The Morgan fingerprint density at radius 1 is 1.08 bits per heavy atom. The molecule has 0 radical (unpaired) electrons. The molecule has 1 amide bonds. The first-order valence-corrected chi connectivity index (χ1v) is 9.70. The molecule has 1 N–H and O–H groups in total. The minimum atomic E-state index is -3.79. The first-order valence-electron chi connectivity index (χ1n) is 8.26. The van der Waals surface area contributed by atoms with E-state index in [1.165, 1.54) is 29.6 Å². The number of carbonyl (C=O) groups is 2. The van der Waals surface area contributed by atoms with Crippen molar-refractivity contribution < 1.29 is 18.0 Å². The molecule has 1 aliphatic heterocycles. The van der Waals surface area contributed by atoms with Crippen LogP contribution in [-0.4, -0.2) is 27.2 Å². The lowest BCUT2D eigenvalue weighted by atomic mass is 10.0. The Hall–Kier alpha value is -2.67. The third-order valence-corrected chi connectivity index (χ3v) is 6.27. The second kappa shape index (κ2) is 6.57. The van der Waals surface area contributed by atoms with Crippen molar-refractivity contribution in [2.75, 3.05) is 16.7 Å². The summed E-state index contributed by atoms with van der Waals surface area (Å²) in [4.78, 5) is 23.1. The Morgan fingerprint density at radius 3 is 2.50 bits per heavy atom. The highest BCUT2D eigenvalue weighted by Gasteiger charge is 2.27. The Kier molecular flexibility index (Phi) is 4.58. The third kappa shape index (κ3) is 3.22. The van der Waals surface area contributed by atoms with Crippen LogP contribution < -0.4 is 9.62 Å². The van der Waals surface area contributed by atoms with Gasteiger partial charge in [0.1, 0.15) is 0 Å². The average Bonchev–Trinajstić information content (AvgIpc) is 2.61. The fourth-order valence-corrected chi connectivity index (χ4v) is 4.06. The Balaban J connectivity index is 1.98. The molecule has 1 heterocycles. The smallest absolute Gasteiger partial charge is 0.292 e. The van der Waals surface area contributed by atoms with E-state index in [1.807, 2.05) is 32.0 Å². The molecule has 3 rings (SSSR count). The molecule has 0 fully saturated rings. The van der Waals surface area contributed by atoms with E-state index in [0.29, 0.717) is 16.9 Å². The van der Waals surface area contributed by atoms with E-state index in [9.17, 15) is 18.0 Å². The van der Waals surface area contributed by atoms with Crippen molar-refractivity contribution in [1.29, 1.82) is 0 Å². The Labute approximate surface area is 152 Å². The van der Waals surface area contributed by atoms with Crippen molar-refractivity contribution in [3.05, 3.63) is 53.6 Å². The van der Waals surface area contributed by atoms with E-state index in [1.54, 1.807) is 6.07 Å². The number of rotatable bonds is 4. The second-order valence-corrected chi connectivity index (χ2v) is 8.56. The van der Waals surface area contributed by atoms with Crippen molar-refractivity contribution >= 4 is 33.1 Å². The van der Waals surface area contributed by atoms with Gasteiger partial charge in [0.15, 0.2) is 0 Å². The molecule has 26 heavy (non-hydrogen) atoms. The van der Waals surface area contributed by atoms with Gasteiger partial charge < -0.3 is 5.32 Å². The second-order valence-electron chi connectivity index (χ2n) is 6.60. The van der Waals surface area contributed by atoms with E-state index < -0.39 is 21.7 Å². The molecule has 0 saturated heterocycles. The summed E-state index contributed by atoms with van der Waals surface area (Å²) in [5.74, 6) is -0.967. The normalized spacial score (nSPS) is 14.2. The zero-order valence-corrected chi connectivity index (χ0v) is 15.6. The number of amides is 1. The summed E-state index contributed by atoms with van der Waals surface area (Å²) < 4.78 is 27.2. The van der Waals surface area contributed by atoms with Gasteiger partial charge in [-0.25, -0.2) is 8.42 Å². The highest BCUT2D eigenvalue weighted by atomic mass is 32.2. The molecule has 0 unspecified atom stereocenters. The summed E-state index contributed by atoms with van der Waals surface area (Å²) in [5, 5.41) is 2.47. The molecule has 7 heteroatoms. The number of Topliss-reactive ketones (excluding diaryl/α,β-unsaturated/α-hetero) is 1. The quantitative estimate of drug-likeness (QED) is 0.837. The predicted molar refractivity (Wildman–Crippen MR) is 99.9 cm³/mol. The zero-order valence-electron chi connectivity index (χ0n) is 14.8. The van der Waals surface area contributed by atoms with Crippen molar-refractivity contribution in [2.24, 2.45) is 0 Å². The molecule has 6 nitrogen and oxygen atoms in total. The van der Waals surface area contributed by atoms with Crippen LogP contribution in [0.3, 0.4) is 0 Å². The van der Waals surface area contributed by atoms with Gasteiger partial charge in [-0.2, -0.15) is 0 Å². The summed E-state index contributed by atoms with van der Waals surface area (Å²) in [5.41, 5.74) is 2.58. The number of sulfonamides is 1. The van der Waals surface area contributed by atoms with E-state index in [-0.39, 0.29) is 17.2 Å². The molecule has 0 bridgehead atoms. The van der Waals surface area contributed by atoms with Crippen LogP contribution in [0, 0.1) is 0 Å². The SMILES string of the molecule is CC(C)c1cccc(N(C)S(=O)(=O)c2ccc3c(c2)CC(=O)C(=O)N3)c1. The molecule has 2 aromatic rings. The van der Waals surface area contributed by atoms with E-state index in [4.69, 9.17) is 0 Å². The number of carbonyl (C=O) groups excluding carboxylic acids is 2. The van der Waals surface area contributed by atoms with Crippen LogP contribution in [-0.2, 0) is 26.0 Å². The molecular formula is C19H20N2O4S. The van der Waals surface area contributed by atoms with E-state index in [2.05, 4.69) is 5.32 Å². The third-order valence-electron chi connectivity index (χ3n) is 4.49. The van der Waals surface area contributed by atoms with Crippen molar-refractivity contribution in [1.82, 2.24) is 0 Å². The number of ketones is 1. The molecule has 0 spiro atoms. The van der Waals surface area contributed by atoms with Gasteiger partial charge in [0, 0.05) is 19.2 Å². The van der Waals surface area contributed by atoms with Crippen LogP contribution in [0.4, 0.5) is 11.4 Å². The topological polar surface area (TPSA) is 83.6 Å². The Morgan fingerprint density at radius 2 is 1.81 bits per heavy atom. The van der Waals surface area contributed by atoms with Crippen LogP contribution in [0.1, 0.15) is 30.9 Å². The van der Waals surface area contributed by atoms with Gasteiger partial charge in [0.25, 0.3) is 15.9 Å². The molecule has 136 valence electrons. The van der Waals surface area contributed by atoms with E-state index in [0.717, 1.165) is 5.56 Å². The van der Waals surface area contributed by atoms with Crippen molar-refractivity contribution in [2.45, 2.75) is 31.1 Å². The molecule has 0 atom stereocenters. The van der Waals surface area contributed by atoms with Crippen LogP contribution >= 0.6 is 0 Å². The van der Waals surface area contributed by atoms with Crippen LogP contribution in [0.5, 0.6) is 0 Å². The fraction of sp³-hybridized carbons (Fsp3) is 0.263. The van der Waals surface area contributed by atoms with Crippen LogP contribution in [0.15, 0.2) is 47.4 Å². The lowest BCUT2D eigenvalue weighted by Crippen LogP contribution is -2.31. The Bertz CT molecular complexity index is 996. The number of hydrogen-bond donors (Lipinski definition) is 1. The summed E-state index contributed by atoms with van der Waals surface area (Å²) in [6.07, 6.45) is -0.100. The van der Waals surface area contributed by atoms with Gasteiger partial charge in [-0.1, -0.05) is 26.0 Å². The lowest BCUT2D eigenvalue weighted by Gasteiger charge is -2.22. The highest BCUT2D eigenvalue weighted by Crippen LogP contribution is 2.29. The maximum atomic E-state index is 13.0. The molecule has 1 aliphatic rings. The number of nitrogens with one attached hydrogen (secondary N) is 1. The maximum Gasteiger partial charge on any atom is 0.292 e. The molecule has 0 aromatic heterocycles. The van der Waals surface area contributed by atoms with Crippen molar-refractivity contribution in [3.63, 3.8) is 0 Å². The number of benzene rings is 2. The first-order chi connectivity index (χ1) is 12.2. The predicted octanol–water partition coefficient (Wildman–Crippen LogP) is 2.70. The number of nitrogens with zero attached hydrogens (tertiary/aromatic N) is 1. The molecule has 0 aliphatic carbocycles. The summed E-state index contributed by atoms with van der Waals surface area (Å²) in [6.45, 7) is 4.09. The highest BCUT2D eigenvalue weighted by molar-refractivity contribution is 7.92. The van der Waals surface area contributed by atoms with Gasteiger partial charge in [-0.05, 0) is 47.4 Å². The molecule has 0 saturated carbocycles. The zero-order chi connectivity index (χ0) is 19.1. The minimum absolute atomic E-state index is 0.0812. The summed E-state index contributed by atoms with van der Waals surface area (Å²) >= 11 is 0. The largest absolute Gasteiger partial charge is 0.319 e. The number of hydrogen-bond acceptors (Lipinski definition) is 4. The number of anilines is 2. The van der Waals surface area contributed by atoms with E-state index >= 15 is 0 Å². The van der Waals surface area contributed by atoms with Gasteiger partial charge in [-0.15, -0.1) is 0 Å². The maximum absolute atomic E-state index is 13.0. The number of fused-ring (bicyclic) bond motifs is 1. The summed E-state index contributed by atoms with van der Waals surface area (Å²) in [6, 6.07) is 11.8. The van der Waals surface area contributed by atoms with Gasteiger partial charge in [0.2, 0.25) is 5.78 Å². The monoisotopic (exact) mass is 372 g/mol. The molecular weight excluding hydrogens is 352 g/mol. The van der Waals surface area contributed by atoms with Gasteiger partial charge in [-0.3, -0.25) is 13.9 Å². The summed E-state index contributed by atoms with van der Waals surface area (Å²) in [7, 11) is -2.29. The minimum Gasteiger partial charge on any atom is -0.319 e. The lowest BCUT2D eigenvalue weighted by molar-refractivity contribution is -0.134. The molecule has 2 aromatic carbocycles. The van der Waals surface area contributed by atoms with Crippen LogP contribution in [0.2, 0.25) is 0 Å². The standard InChI is InChI=1S/C19H20N2O4S/c1-12(2)13-5-4-6-15(9-13)21(3)26(24,25)16-7-8-17-14(10-16)11-18(22)19(23)20-17/h4-10,12H,11H2,1-3H3,(H,20,23). The van der Waals surface area contributed by atoms with Gasteiger partial charge in [0.05, 0.1) is 10.6 Å². The average molecular weight is 372 g/mol. The fourth-order valence-electron chi connectivity index (χ4n) is 2.82.